The number of para-hydroxylation sites is 1. The molecule has 15 heteroatoms. The third-order valence-corrected chi connectivity index (χ3v) is 11.1. The molecule has 2 saturated heterocycles. The van der Waals surface area contributed by atoms with Crippen molar-refractivity contribution in [3.05, 3.63) is 100.0 Å². The fraction of sp³-hybridized carbons (Fsp3) is 0.415. The number of nitrogens with two attached hydrogens (primary N) is 1. The fourth-order valence-electron chi connectivity index (χ4n) is 8.01. The fourth-order valence-corrected chi connectivity index (χ4v) is 8.01. The van der Waals surface area contributed by atoms with Crippen LogP contribution in [0.2, 0.25) is 0 Å². The summed E-state index contributed by atoms with van der Waals surface area (Å²) in [6.07, 6.45) is 8.24. The summed E-state index contributed by atoms with van der Waals surface area (Å²) < 4.78 is 14.3. The second kappa shape index (κ2) is 17.3. The van der Waals surface area contributed by atoms with Crippen LogP contribution in [0.25, 0.3) is 21.8 Å². The first kappa shape index (κ1) is 38.4. The molecule has 3 aromatic heterocycles. The van der Waals surface area contributed by atoms with Gasteiger partial charge in [0, 0.05) is 80.1 Å². The SMILES string of the molecule is Cc1cc(CC(NC(=O)N2CCC(c3cc4cccc(F)c4[nH]c3=O)CC2)C(=O)NC(CCCCN)C(=O)N2CCN(c3ccncc3)CC2)cc2cn[nH]c12. The van der Waals surface area contributed by atoms with Crippen LogP contribution in [0.1, 0.15) is 54.7 Å². The van der Waals surface area contributed by atoms with E-state index >= 15 is 0 Å². The van der Waals surface area contributed by atoms with E-state index in [-0.39, 0.29) is 29.3 Å². The summed E-state index contributed by atoms with van der Waals surface area (Å²) in [6.45, 7) is 5.46. The molecule has 0 radical (unpaired) electrons. The Balaban J connectivity index is 1.05. The maximum Gasteiger partial charge on any atom is 0.318 e. The van der Waals surface area contributed by atoms with E-state index in [1.165, 1.54) is 6.07 Å². The highest BCUT2D eigenvalue weighted by Gasteiger charge is 2.33. The molecule has 294 valence electrons. The summed E-state index contributed by atoms with van der Waals surface area (Å²) in [6, 6.07) is 12.1. The number of hydrogen-bond acceptors (Lipinski definition) is 8. The quantitative estimate of drug-likeness (QED) is 0.119. The lowest BCUT2D eigenvalue weighted by Gasteiger charge is -2.38. The Bertz CT molecular complexity index is 2230. The molecule has 2 aliphatic rings. The third kappa shape index (κ3) is 8.67. The van der Waals surface area contributed by atoms with Crippen molar-refractivity contribution in [3.63, 3.8) is 0 Å². The number of fused-ring (bicyclic) bond motifs is 2. The van der Waals surface area contributed by atoms with Crippen LogP contribution in [0.3, 0.4) is 0 Å². The zero-order valence-electron chi connectivity index (χ0n) is 31.6. The van der Waals surface area contributed by atoms with Gasteiger partial charge in [-0.2, -0.15) is 5.10 Å². The summed E-state index contributed by atoms with van der Waals surface area (Å²) in [5.74, 6) is -1.21. The van der Waals surface area contributed by atoms with E-state index in [0.717, 1.165) is 27.7 Å². The number of piperazine rings is 1. The first-order chi connectivity index (χ1) is 27.2. The largest absolute Gasteiger partial charge is 0.368 e. The molecule has 14 nitrogen and oxygen atoms in total. The molecule has 0 spiro atoms. The Labute approximate surface area is 324 Å². The minimum Gasteiger partial charge on any atom is -0.368 e. The smallest absolute Gasteiger partial charge is 0.318 e. The summed E-state index contributed by atoms with van der Waals surface area (Å²) in [7, 11) is 0. The molecular weight excluding hydrogens is 716 g/mol. The Morgan fingerprint density at radius 2 is 1.68 bits per heavy atom. The number of piperidine rings is 1. The number of carbonyl (C=O) groups excluding carboxylic acids is 3. The average molecular weight is 765 g/mol. The zero-order valence-corrected chi connectivity index (χ0v) is 31.6. The number of urea groups is 1. The third-order valence-electron chi connectivity index (χ3n) is 11.1. The molecule has 6 N–H and O–H groups in total. The standard InChI is InChI=1S/C41H49FN10O4/c1-26-21-27(22-30-25-45-49-36(26)30)23-35(47-41(56)52-15-10-28(11-16-52)32-24-29-5-4-6-33(42)37(29)48-38(32)53)39(54)46-34(7-2-3-12-43)40(55)51-19-17-50(18-20-51)31-8-13-44-14-9-31/h4-6,8-9,13-14,21-22,24-25,28,34-35H,2-3,7,10-12,15-20,23,43H2,1H3,(H,45,49)(H,46,54)(H,47,56)(H,48,53). The number of aryl methyl sites for hydroxylation is 1. The zero-order chi connectivity index (χ0) is 39.2. The molecule has 5 aromatic rings. The molecular formula is C41H49FN10O4. The summed E-state index contributed by atoms with van der Waals surface area (Å²) >= 11 is 0. The van der Waals surface area contributed by atoms with Crippen LogP contribution in [0.4, 0.5) is 14.9 Å². The number of amides is 4. The molecule has 5 heterocycles. The lowest BCUT2D eigenvalue weighted by molar-refractivity contribution is -0.137. The van der Waals surface area contributed by atoms with Crippen molar-refractivity contribution in [1.82, 2.24) is 40.6 Å². The first-order valence-corrected chi connectivity index (χ1v) is 19.4. The summed E-state index contributed by atoms with van der Waals surface area (Å²) in [4.78, 5) is 67.7. The highest BCUT2D eigenvalue weighted by atomic mass is 19.1. The monoisotopic (exact) mass is 764 g/mol. The van der Waals surface area contributed by atoms with Gasteiger partial charge in [0.05, 0.1) is 17.2 Å². The predicted molar refractivity (Wildman–Crippen MR) is 213 cm³/mol. The minimum absolute atomic E-state index is 0.119. The number of anilines is 1. The number of hydrogen-bond donors (Lipinski definition) is 5. The number of pyridine rings is 2. The molecule has 2 fully saturated rings. The van der Waals surface area contributed by atoms with Crippen LogP contribution in [-0.2, 0) is 16.0 Å². The number of carbonyl (C=O) groups is 3. The number of H-pyrrole nitrogens is 2. The Hall–Kier alpha value is -5.83. The Morgan fingerprint density at radius 1 is 0.911 bits per heavy atom. The van der Waals surface area contributed by atoms with Gasteiger partial charge < -0.3 is 36.1 Å². The number of aromatic amines is 2. The van der Waals surface area contributed by atoms with E-state index < -0.39 is 29.8 Å². The van der Waals surface area contributed by atoms with Crippen molar-refractivity contribution in [2.24, 2.45) is 5.73 Å². The van der Waals surface area contributed by atoms with Crippen molar-refractivity contribution in [2.45, 2.75) is 63.5 Å². The van der Waals surface area contributed by atoms with Crippen molar-refractivity contribution >= 4 is 45.3 Å². The number of benzene rings is 2. The van der Waals surface area contributed by atoms with Gasteiger partial charge in [0.2, 0.25) is 11.8 Å². The van der Waals surface area contributed by atoms with Gasteiger partial charge in [0.25, 0.3) is 5.56 Å². The van der Waals surface area contributed by atoms with E-state index in [9.17, 15) is 23.6 Å². The topological polar surface area (TPSA) is 185 Å². The van der Waals surface area contributed by atoms with E-state index in [1.807, 2.05) is 31.2 Å². The molecule has 2 aliphatic heterocycles. The summed E-state index contributed by atoms with van der Waals surface area (Å²) in [5.41, 5.74) is 9.94. The average Bonchev–Trinajstić information content (AvgIpc) is 3.70. The van der Waals surface area contributed by atoms with Gasteiger partial charge >= 0.3 is 6.03 Å². The summed E-state index contributed by atoms with van der Waals surface area (Å²) in [5, 5.41) is 14.7. The highest BCUT2D eigenvalue weighted by Crippen LogP contribution is 2.28. The highest BCUT2D eigenvalue weighted by molar-refractivity contribution is 5.92. The number of rotatable bonds is 12. The second-order valence-corrected chi connectivity index (χ2v) is 14.8. The molecule has 2 unspecified atom stereocenters. The minimum atomic E-state index is -0.990. The molecule has 2 atom stereocenters. The maximum absolute atomic E-state index is 14.3. The van der Waals surface area contributed by atoms with E-state index in [2.05, 4.69) is 35.7 Å². The van der Waals surface area contributed by atoms with Crippen molar-refractivity contribution in [2.75, 3.05) is 50.7 Å². The number of unbranched alkanes of at least 4 members (excludes halogenated alkanes) is 1. The van der Waals surface area contributed by atoms with Gasteiger partial charge in [-0.15, -0.1) is 0 Å². The molecule has 2 aromatic carbocycles. The molecule has 4 amide bonds. The number of nitrogens with one attached hydrogen (secondary N) is 4. The van der Waals surface area contributed by atoms with Crippen LogP contribution in [0, 0.1) is 12.7 Å². The molecule has 0 bridgehead atoms. The van der Waals surface area contributed by atoms with Crippen molar-refractivity contribution < 1.29 is 18.8 Å². The van der Waals surface area contributed by atoms with Gasteiger partial charge in [-0.05, 0) is 92.9 Å². The van der Waals surface area contributed by atoms with Crippen LogP contribution < -0.4 is 26.8 Å². The lowest BCUT2D eigenvalue weighted by Crippen LogP contribution is -2.59. The van der Waals surface area contributed by atoms with Gasteiger partial charge in [-0.3, -0.25) is 24.5 Å². The number of aromatic nitrogens is 4. The van der Waals surface area contributed by atoms with Crippen LogP contribution >= 0.6 is 0 Å². The second-order valence-electron chi connectivity index (χ2n) is 14.8. The molecule has 0 saturated carbocycles. The normalized spacial score (nSPS) is 16.2. The predicted octanol–water partition coefficient (Wildman–Crippen LogP) is 3.71. The van der Waals surface area contributed by atoms with Gasteiger partial charge in [-0.25, -0.2) is 9.18 Å². The lowest BCUT2D eigenvalue weighted by atomic mass is 9.89. The number of halogens is 1. The van der Waals surface area contributed by atoms with Crippen molar-refractivity contribution in [1.29, 1.82) is 0 Å². The van der Waals surface area contributed by atoms with E-state index in [1.54, 1.807) is 46.6 Å². The van der Waals surface area contributed by atoms with Gasteiger partial charge in [0.1, 0.15) is 17.9 Å². The maximum atomic E-state index is 14.3. The van der Waals surface area contributed by atoms with Crippen molar-refractivity contribution in [3.8, 4) is 0 Å². The molecule has 7 rings (SSSR count). The Morgan fingerprint density at radius 3 is 2.43 bits per heavy atom. The number of nitrogens with zero attached hydrogens (tertiary/aromatic N) is 5. The molecule has 56 heavy (non-hydrogen) atoms. The van der Waals surface area contributed by atoms with Crippen LogP contribution in [-0.4, -0.2) is 106 Å². The van der Waals surface area contributed by atoms with Gasteiger partial charge in [0.15, 0.2) is 0 Å². The van der Waals surface area contributed by atoms with E-state index in [4.69, 9.17) is 5.73 Å². The first-order valence-electron chi connectivity index (χ1n) is 19.4. The van der Waals surface area contributed by atoms with Gasteiger partial charge in [-0.1, -0.05) is 18.2 Å². The van der Waals surface area contributed by atoms with Crippen LogP contribution in [0.5, 0.6) is 0 Å². The Kier molecular flexibility index (Phi) is 11.9. The van der Waals surface area contributed by atoms with Crippen LogP contribution in [0.15, 0.2) is 71.9 Å². The van der Waals surface area contributed by atoms with E-state index in [0.29, 0.717) is 88.9 Å². The number of likely N-dealkylation sites (tertiary alicyclic amines) is 1. The molecule has 0 aliphatic carbocycles.